The Morgan fingerprint density at radius 1 is 1.10 bits per heavy atom. The topological polar surface area (TPSA) is 100 Å². The molecule has 1 aliphatic heterocycles. The van der Waals surface area contributed by atoms with E-state index in [2.05, 4.69) is 38.5 Å². The zero-order chi connectivity index (χ0) is 22.7. The molecule has 1 atom stereocenters. The number of hydrogen-bond donors (Lipinski definition) is 3. The van der Waals surface area contributed by atoms with E-state index in [4.69, 9.17) is 4.42 Å². The molecule has 2 heterocycles. The number of alkyl halides is 1. The highest BCUT2D eigenvalue weighted by atomic mass is 127. The minimum absolute atomic E-state index is 0.0324. The van der Waals surface area contributed by atoms with Crippen LogP contribution in [0.3, 0.4) is 0 Å². The molecular weight excluding hydrogens is 516 g/mol. The molecule has 31 heavy (non-hydrogen) atoms. The van der Waals surface area contributed by atoms with E-state index in [1.165, 1.54) is 6.07 Å². The second-order valence-electron chi connectivity index (χ2n) is 8.15. The zero-order valence-electron chi connectivity index (χ0n) is 17.4. The maximum Gasteiger partial charge on any atom is 0.254 e. The number of aryl methyl sites for hydroxylation is 1. The van der Waals surface area contributed by atoms with Gasteiger partial charge in [-0.15, -0.1) is 0 Å². The highest BCUT2D eigenvalue weighted by molar-refractivity contribution is 14.1. The maximum absolute atomic E-state index is 14.7. The van der Waals surface area contributed by atoms with Gasteiger partial charge in [0, 0.05) is 0 Å². The molecule has 3 N–H and O–H groups in total. The number of halogens is 2. The van der Waals surface area contributed by atoms with E-state index in [1.54, 1.807) is 26.0 Å². The van der Waals surface area contributed by atoms with Crippen LogP contribution in [-0.2, 0) is 9.08 Å². The van der Waals surface area contributed by atoms with Crippen molar-refractivity contribution in [1.29, 1.82) is 0 Å². The molecule has 0 spiro atoms. The third-order valence-corrected chi connectivity index (χ3v) is 7.15. The Morgan fingerprint density at radius 2 is 1.77 bits per heavy atom. The minimum Gasteiger partial charge on any atom is -0.463 e. The van der Waals surface area contributed by atoms with Crippen LogP contribution in [0.1, 0.15) is 54.6 Å². The molecule has 9 heteroatoms. The lowest BCUT2D eigenvalue weighted by Gasteiger charge is -2.28. The van der Waals surface area contributed by atoms with Gasteiger partial charge in [-0.25, -0.2) is 4.39 Å². The summed E-state index contributed by atoms with van der Waals surface area (Å²) in [5, 5.41) is 8.61. The number of carbonyl (C=O) groups excluding carboxylic acids is 1. The van der Waals surface area contributed by atoms with Crippen molar-refractivity contribution in [3.05, 3.63) is 73.2 Å². The first-order valence-electron chi connectivity index (χ1n) is 9.78. The van der Waals surface area contributed by atoms with Gasteiger partial charge in [-0.05, 0) is 73.5 Å². The van der Waals surface area contributed by atoms with E-state index in [0.717, 1.165) is 0 Å². The summed E-state index contributed by atoms with van der Waals surface area (Å²) in [6.07, 6.45) is 0.546. The van der Waals surface area contributed by atoms with Crippen LogP contribution >= 0.6 is 22.6 Å². The van der Waals surface area contributed by atoms with Gasteiger partial charge < -0.3 is 20.4 Å². The molecule has 0 radical (unpaired) electrons. The lowest BCUT2D eigenvalue weighted by atomic mass is 9.93. The molecule has 0 saturated carbocycles. The summed E-state index contributed by atoms with van der Waals surface area (Å²) in [5.74, 6) is 0.173. The van der Waals surface area contributed by atoms with Gasteiger partial charge in [0.05, 0.1) is 16.8 Å². The van der Waals surface area contributed by atoms with Crippen LogP contribution in [0.25, 0.3) is 0 Å². The molecule has 0 saturated heterocycles. The third kappa shape index (κ3) is 3.35. The minimum atomic E-state index is -0.790. The number of nitrogens with one attached hydrogen (secondary N) is 3. The molecule has 0 bridgehead atoms. The molecule has 4 rings (SSSR count). The first-order chi connectivity index (χ1) is 14.5. The summed E-state index contributed by atoms with van der Waals surface area (Å²) in [4.78, 5) is 37.2. The third-order valence-electron chi connectivity index (χ3n) is 5.58. The van der Waals surface area contributed by atoms with Crippen LogP contribution in [0.4, 0.5) is 21.5 Å². The van der Waals surface area contributed by atoms with E-state index in [9.17, 15) is 18.8 Å². The zero-order valence-corrected chi connectivity index (χ0v) is 19.6. The van der Waals surface area contributed by atoms with Gasteiger partial charge in [0.2, 0.25) is 0 Å². The first-order valence-corrected chi connectivity index (χ1v) is 10.9. The fraction of sp³-hybridized carbons (Fsp3) is 0.318. The predicted molar refractivity (Wildman–Crippen MR) is 125 cm³/mol. The largest absolute Gasteiger partial charge is 0.463 e. The van der Waals surface area contributed by atoms with Gasteiger partial charge in [0.25, 0.3) is 16.8 Å². The first kappa shape index (κ1) is 21.5. The van der Waals surface area contributed by atoms with Crippen LogP contribution in [-0.4, -0.2) is 5.91 Å². The van der Waals surface area contributed by atoms with Gasteiger partial charge in [-0.2, -0.15) is 0 Å². The number of anilines is 3. The number of furan rings is 1. The number of hydrogen-bond acceptors (Lipinski definition) is 6. The van der Waals surface area contributed by atoms with Crippen molar-refractivity contribution in [3.8, 4) is 0 Å². The Kier molecular flexibility index (Phi) is 4.99. The number of benzene rings is 1. The molecule has 1 unspecified atom stereocenters. The molecule has 7 nitrogen and oxygen atoms in total. The SMILES string of the molecule is CCC(I)(Nc1c(Nc2c(F)ccc3c2C(=O)NC3(C)C)c(=O)c1=O)c1ccc(C)o1. The number of fused-ring (bicyclic) bond motifs is 1. The van der Waals surface area contributed by atoms with E-state index in [0.29, 0.717) is 23.5 Å². The van der Waals surface area contributed by atoms with Crippen molar-refractivity contribution >= 4 is 45.6 Å². The quantitative estimate of drug-likeness (QED) is 0.189. The molecule has 1 amide bonds. The van der Waals surface area contributed by atoms with Gasteiger partial charge in [0.1, 0.15) is 32.3 Å². The Balaban J connectivity index is 1.75. The standard InChI is InChI=1S/C22H21FIN3O4/c1-5-22(24,13-9-6-10(2)31-13)26-17-16(18(28)19(17)29)25-15-12(23)8-7-11-14(15)20(30)27-21(11,3)4/h6-9,25-26H,5H2,1-4H3,(H,27,30). The lowest BCUT2D eigenvalue weighted by Crippen LogP contribution is -2.41. The fourth-order valence-electron chi connectivity index (χ4n) is 3.79. The number of carbonyl (C=O) groups is 1. The summed E-state index contributed by atoms with van der Waals surface area (Å²) in [6.45, 7) is 7.33. The highest BCUT2D eigenvalue weighted by Gasteiger charge is 2.39. The van der Waals surface area contributed by atoms with Crippen LogP contribution in [0.15, 0.2) is 38.3 Å². The summed E-state index contributed by atoms with van der Waals surface area (Å²) >= 11 is 2.12. The molecule has 3 aromatic rings. The summed E-state index contributed by atoms with van der Waals surface area (Å²) in [5.41, 5.74) is -1.60. The van der Waals surface area contributed by atoms with Gasteiger partial charge in [-0.3, -0.25) is 14.4 Å². The molecule has 0 fully saturated rings. The second-order valence-corrected chi connectivity index (χ2v) is 9.99. The van der Waals surface area contributed by atoms with Crippen molar-refractivity contribution in [2.45, 2.75) is 43.2 Å². The van der Waals surface area contributed by atoms with Crippen molar-refractivity contribution < 1.29 is 13.6 Å². The predicted octanol–water partition coefficient (Wildman–Crippen LogP) is 4.16. The Labute approximate surface area is 191 Å². The molecule has 162 valence electrons. The monoisotopic (exact) mass is 537 g/mol. The Bertz CT molecular complexity index is 1290. The summed E-state index contributed by atoms with van der Waals surface area (Å²) < 4.78 is 19.6. The van der Waals surface area contributed by atoms with E-state index in [1.807, 2.05) is 19.9 Å². The molecule has 1 aliphatic rings. The van der Waals surface area contributed by atoms with Crippen molar-refractivity contribution in [1.82, 2.24) is 5.32 Å². The number of amides is 1. The van der Waals surface area contributed by atoms with Crippen LogP contribution in [0, 0.1) is 12.7 Å². The van der Waals surface area contributed by atoms with Gasteiger partial charge in [0.15, 0.2) is 0 Å². The van der Waals surface area contributed by atoms with Crippen molar-refractivity contribution in [2.24, 2.45) is 0 Å². The van der Waals surface area contributed by atoms with Crippen LogP contribution in [0.5, 0.6) is 0 Å². The van der Waals surface area contributed by atoms with Crippen molar-refractivity contribution in [2.75, 3.05) is 10.6 Å². The molecule has 2 aromatic carbocycles. The smallest absolute Gasteiger partial charge is 0.254 e. The average Bonchev–Trinajstić information content (AvgIpc) is 3.26. The molecule has 0 aliphatic carbocycles. The van der Waals surface area contributed by atoms with Gasteiger partial charge >= 0.3 is 0 Å². The maximum atomic E-state index is 14.7. The van der Waals surface area contributed by atoms with E-state index >= 15 is 0 Å². The van der Waals surface area contributed by atoms with E-state index < -0.39 is 31.7 Å². The van der Waals surface area contributed by atoms with Crippen LogP contribution < -0.4 is 26.8 Å². The lowest BCUT2D eigenvalue weighted by molar-refractivity contribution is 0.0940. The molecule has 1 aromatic heterocycles. The number of rotatable bonds is 6. The summed E-state index contributed by atoms with van der Waals surface area (Å²) in [7, 11) is 0. The van der Waals surface area contributed by atoms with Crippen LogP contribution in [0.2, 0.25) is 0 Å². The molecular formula is C22H21FIN3O4. The fourth-order valence-corrected chi connectivity index (χ4v) is 4.35. The van der Waals surface area contributed by atoms with Gasteiger partial charge in [-0.1, -0.05) is 13.0 Å². The highest BCUT2D eigenvalue weighted by Crippen LogP contribution is 2.41. The average molecular weight is 537 g/mol. The Hall–Kier alpha value is -2.69. The normalized spacial score (nSPS) is 16.6. The second kappa shape index (κ2) is 7.18. The van der Waals surface area contributed by atoms with Crippen molar-refractivity contribution in [3.63, 3.8) is 0 Å². The summed E-state index contributed by atoms with van der Waals surface area (Å²) in [6, 6.07) is 6.39. The van der Waals surface area contributed by atoms with E-state index in [-0.39, 0.29) is 22.6 Å². The Morgan fingerprint density at radius 3 is 2.39 bits per heavy atom.